The van der Waals surface area contributed by atoms with Crippen molar-refractivity contribution >= 4 is 55.6 Å². The highest BCUT2D eigenvalue weighted by Gasteiger charge is 2.42. The number of halogens is 1. The summed E-state index contributed by atoms with van der Waals surface area (Å²) in [5, 5.41) is 4.68. The number of thioether (sulfide) groups is 1. The summed E-state index contributed by atoms with van der Waals surface area (Å²) in [6, 6.07) is 15.0. The predicted molar refractivity (Wildman–Crippen MR) is 131 cm³/mol. The Hall–Kier alpha value is -2.23. The smallest absolute Gasteiger partial charge is 0.254 e. The van der Waals surface area contributed by atoms with Crippen LogP contribution < -0.4 is 10.2 Å². The van der Waals surface area contributed by atoms with E-state index < -0.39 is 9.84 Å². The van der Waals surface area contributed by atoms with Gasteiger partial charge < -0.3 is 15.1 Å². The third kappa shape index (κ3) is 4.60. The molecule has 0 aromatic heterocycles. The lowest BCUT2D eigenvalue weighted by Gasteiger charge is -2.36. The number of amidine groups is 1. The van der Waals surface area contributed by atoms with Crippen molar-refractivity contribution in [2.24, 2.45) is 4.99 Å². The Morgan fingerprint density at radius 1 is 1.06 bits per heavy atom. The predicted octanol–water partition coefficient (Wildman–Crippen LogP) is 2.98. The van der Waals surface area contributed by atoms with Gasteiger partial charge in [0.05, 0.1) is 17.5 Å². The Bertz CT molecular complexity index is 1160. The van der Waals surface area contributed by atoms with Crippen LogP contribution in [0.2, 0.25) is 5.02 Å². The molecule has 168 valence electrons. The molecule has 32 heavy (non-hydrogen) atoms. The molecule has 1 N–H and O–H groups in total. The molecule has 7 nitrogen and oxygen atoms in total. The summed E-state index contributed by atoms with van der Waals surface area (Å²) < 4.78 is 23.5. The van der Waals surface area contributed by atoms with Gasteiger partial charge in [-0.15, -0.1) is 0 Å². The summed E-state index contributed by atoms with van der Waals surface area (Å²) >= 11 is 7.45. The summed E-state index contributed by atoms with van der Waals surface area (Å²) in [5.41, 5.74) is 2.52. The summed E-state index contributed by atoms with van der Waals surface area (Å²) in [6.45, 7) is 2.84. The van der Waals surface area contributed by atoms with E-state index in [0.717, 1.165) is 29.6 Å². The van der Waals surface area contributed by atoms with Crippen molar-refractivity contribution in [3.63, 3.8) is 0 Å². The number of nitrogens with zero attached hydrogens (tertiary/aromatic N) is 3. The molecule has 3 aliphatic heterocycles. The molecule has 2 aromatic rings. The average molecular weight is 491 g/mol. The number of piperazine rings is 1. The van der Waals surface area contributed by atoms with E-state index in [1.54, 1.807) is 0 Å². The van der Waals surface area contributed by atoms with Crippen molar-refractivity contribution in [3.05, 3.63) is 59.1 Å². The molecular weight excluding hydrogens is 468 g/mol. The minimum absolute atomic E-state index is 0.00776. The summed E-state index contributed by atoms with van der Waals surface area (Å²) in [5.74, 6) is 0.307. The largest absolute Gasteiger partial charge is 0.368 e. The standard InChI is InChI=1S/C22H23ClN4O3S2/c23-16-4-6-18(7-5-16)26-8-10-27(11-9-26)21(28)15-2-1-3-17(12-15)24-22-25-19-13-32(29,30)14-20(19)31-22/h1-7,12,19-20H,8-11,13-14H2,(H,24,25)/t19-,20-/m1/s1. The van der Waals surface area contributed by atoms with E-state index in [9.17, 15) is 13.2 Å². The first-order valence-corrected chi connectivity index (χ1v) is 13.6. The van der Waals surface area contributed by atoms with Crippen molar-refractivity contribution in [1.82, 2.24) is 4.90 Å². The quantitative estimate of drug-likeness (QED) is 0.712. The molecule has 2 saturated heterocycles. The van der Waals surface area contributed by atoms with E-state index in [1.807, 2.05) is 53.4 Å². The summed E-state index contributed by atoms with van der Waals surface area (Å²) in [6.07, 6.45) is 0. The van der Waals surface area contributed by atoms with Crippen molar-refractivity contribution < 1.29 is 13.2 Å². The second kappa shape index (κ2) is 8.61. The second-order valence-corrected chi connectivity index (χ2v) is 12.0. The van der Waals surface area contributed by atoms with Gasteiger partial charge in [-0.1, -0.05) is 29.4 Å². The lowest BCUT2D eigenvalue weighted by Crippen LogP contribution is -2.48. The lowest BCUT2D eigenvalue weighted by atomic mass is 10.1. The van der Waals surface area contributed by atoms with Gasteiger partial charge in [-0.3, -0.25) is 9.79 Å². The Balaban J connectivity index is 1.20. The third-order valence-electron chi connectivity index (χ3n) is 5.94. The number of anilines is 2. The number of benzene rings is 2. The molecule has 0 saturated carbocycles. The van der Waals surface area contributed by atoms with Crippen LogP contribution in [0, 0.1) is 0 Å². The second-order valence-electron chi connectivity index (χ2n) is 8.20. The Morgan fingerprint density at radius 2 is 1.81 bits per heavy atom. The first kappa shape index (κ1) is 21.6. The van der Waals surface area contributed by atoms with Gasteiger partial charge in [0, 0.05) is 53.4 Å². The zero-order valence-corrected chi connectivity index (χ0v) is 19.7. The number of rotatable bonds is 3. The average Bonchev–Trinajstić information content (AvgIpc) is 3.26. The summed E-state index contributed by atoms with van der Waals surface area (Å²) in [7, 11) is -2.97. The maximum Gasteiger partial charge on any atom is 0.254 e. The van der Waals surface area contributed by atoms with Crippen LogP contribution in [-0.2, 0) is 9.84 Å². The van der Waals surface area contributed by atoms with Gasteiger partial charge in [-0.2, -0.15) is 0 Å². The monoisotopic (exact) mass is 490 g/mol. The van der Waals surface area contributed by atoms with E-state index in [1.165, 1.54) is 11.8 Å². The highest BCUT2D eigenvalue weighted by atomic mass is 35.5. The molecule has 10 heteroatoms. The van der Waals surface area contributed by atoms with E-state index >= 15 is 0 Å². The first-order chi connectivity index (χ1) is 15.4. The molecule has 0 aliphatic carbocycles. The van der Waals surface area contributed by atoms with Gasteiger partial charge in [-0.05, 0) is 42.5 Å². The number of sulfone groups is 1. The molecule has 3 aliphatic rings. The molecule has 0 bridgehead atoms. The zero-order valence-electron chi connectivity index (χ0n) is 17.3. The van der Waals surface area contributed by atoms with Gasteiger partial charge in [0.15, 0.2) is 15.0 Å². The molecule has 3 heterocycles. The van der Waals surface area contributed by atoms with Crippen LogP contribution in [0.5, 0.6) is 0 Å². The van der Waals surface area contributed by atoms with Crippen molar-refractivity contribution in [2.75, 3.05) is 47.9 Å². The highest BCUT2D eigenvalue weighted by Crippen LogP contribution is 2.34. The van der Waals surface area contributed by atoms with E-state index in [0.29, 0.717) is 23.7 Å². The number of amides is 1. The van der Waals surface area contributed by atoms with Crippen LogP contribution in [0.3, 0.4) is 0 Å². The maximum absolute atomic E-state index is 13.1. The summed E-state index contributed by atoms with van der Waals surface area (Å²) in [4.78, 5) is 21.7. The van der Waals surface area contributed by atoms with Crippen LogP contribution in [0.1, 0.15) is 10.4 Å². The topological polar surface area (TPSA) is 82.1 Å². The first-order valence-electron chi connectivity index (χ1n) is 10.5. The molecule has 2 fully saturated rings. The Kier molecular flexibility index (Phi) is 5.81. The fourth-order valence-corrected chi connectivity index (χ4v) is 8.07. The van der Waals surface area contributed by atoms with Crippen LogP contribution in [-0.4, -0.2) is 73.4 Å². The van der Waals surface area contributed by atoms with Gasteiger partial charge >= 0.3 is 0 Å². The minimum atomic E-state index is -2.97. The fourth-order valence-electron chi connectivity index (χ4n) is 4.27. The molecule has 0 radical (unpaired) electrons. The number of carbonyl (C=O) groups is 1. The molecular formula is C22H23ClN4O3S2. The molecule has 5 rings (SSSR count). The van der Waals surface area contributed by atoms with Crippen molar-refractivity contribution in [2.45, 2.75) is 11.3 Å². The highest BCUT2D eigenvalue weighted by molar-refractivity contribution is 8.15. The molecule has 2 aromatic carbocycles. The lowest BCUT2D eigenvalue weighted by molar-refractivity contribution is 0.0747. The minimum Gasteiger partial charge on any atom is -0.368 e. The van der Waals surface area contributed by atoms with E-state index in [-0.39, 0.29) is 28.7 Å². The third-order valence-corrected chi connectivity index (χ3v) is 9.33. The van der Waals surface area contributed by atoms with Crippen molar-refractivity contribution in [3.8, 4) is 0 Å². The van der Waals surface area contributed by atoms with Crippen LogP contribution in [0.25, 0.3) is 0 Å². The SMILES string of the molecule is O=C(c1cccc(NC2=N[C@@H]3CS(=O)(=O)C[C@H]3S2)c1)N1CCN(c2ccc(Cl)cc2)CC1. The van der Waals surface area contributed by atoms with Gasteiger partial charge in [0.2, 0.25) is 0 Å². The van der Waals surface area contributed by atoms with E-state index in [2.05, 4.69) is 15.2 Å². The number of nitrogens with one attached hydrogen (secondary N) is 1. The maximum atomic E-state index is 13.1. The molecule has 0 unspecified atom stereocenters. The zero-order chi connectivity index (χ0) is 22.3. The number of aliphatic imine (C=N–C) groups is 1. The number of hydrogen-bond donors (Lipinski definition) is 1. The number of fused-ring (bicyclic) bond motifs is 1. The molecule has 1 amide bonds. The van der Waals surface area contributed by atoms with Gasteiger partial charge in [-0.25, -0.2) is 8.42 Å². The normalized spacial score (nSPS) is 24.2. The van der Waals surface area contributed by atoms with Gasteiger partial charge in [0.25, 0.3) is 5.91 Å². The molecule has 2 atom stereocenters. The Labute approximate surface area is 196 Å². The van der Waals surface area contributed by atoms with Crippen LogP contribution in [0.15, 0.2) is 53.5 Å². The van der Waals surface area contributed by atoms with Gasteiger partial charge in [0.1, 0.15) is 0 Å². The fraction of sp³-hybridized carbons (Fsp3) is 0.364. The number of carbonyl (C=O) groups excluding carboxylic acids is 1. The molecule has 0 spiro atoms. The van der Waals surface area contributed by atoms with Crippen LogP contribution in [0.4, 0.5) is 11.4 Å². The van der Waals surface area contributed by atoms with E-state index in [4.69, 9.17) is 11.6 Å². The number of hydrogen-bond acceptors (Lipinski definition) is 7. The van der Waals surface area contributed by atoms with Crippen LogP contribution >= 0.6 is 23.4 Å². The van der Waals surface area contributed by atoms with Crippen molar-refractivity contribution in [1.29, 1.82) is 0 Å². The Morgan fingerprint density at radius 3 is 2.53 bits per heavy atom.